The first kappa shape index (κ1) is 18.4. The van der Waals surface area contributed by atoms with Gasteiger partial charge < -0.3 is 9.47 Å². The van der Waals surface area contributed by atoms with Gasteiger partial charge in [-0.05, 0) is 49.7 Å². The maximum absolute atomic E-state index is 5.55. The van der Waals surface area contributed by atoms with Crippen molar-refractivity contribution in [1.29, 1.82) is 0 Å². The number of benzene rings is 2. The normalized spacial score (nSPS) is 15.7. The summed E-state index contributed by atoms with van der Waals surface area (Å²) >= 11 is 0. The maximum Gasteiger partial charge on any atom is 0.123 e. The standard InChI is InChI=1S/C21H27N3O2/c1-16-4-7-20(8-5-16)23-22-17(2)18-6-9-21(25-3)19(14-18)15-24-10-12-26-13-11-24/h4-9,14,23H,10-13,15H2,1-3H3/b22-17-. The first-order chi connectivity index (χ1) is 12.7. The van der Waals surface area contributed by atoms with Crippen molar-refractivity contribution in [1.82, 2.24) is 4.90 Å². The van der Waals surface area contributed by atoms with Crippen LogP contribution in [0.4, 0.5) is 5.69 Å². The van der Waals surface area contributed by atoms with Crippen LogP contribution in [0.2, 0.25) is 0 Å². The van der Waals surface area contributed by atoms with E-state index in [9.17, 15) is 0 Å². The largest absolute Gasteiger partial charge is 0.496 e. The molecule has 0 bridgehead atoms. The minimum atomic E-state index is 0.795. The summed E-state index contributed by atoms with van der Waals surface area (Å²) in [6, 6.07) is 14.5. The number of aryl methyl sites for hydroxylation is 1. The van der Waals surface area contributed by atoms with E-state index in [0.29, 0.717) is 0 Å². The highest BCUT2D eigenvalue weighted by molar-refractivity contribution is 5.99. The number of anilines is 1. The predicted octanol–water partition coefficient (Wildman–Crippen LogP) is 3.67. The zero-order valence-electron chi connectivity index (χ0n) is 15.8. The van der Waals surface area contributed by atoms with Crippen molar-refractivity contribution in [2.75, 3.05) is 38.8 Å². The summed E-state index contributed by atoms with van der Waals surface area (Å²) in [5.74, 6) is 0.916. The number of hydrazone groups is 1. The van der Waals surface area contributed by atoms with Gasteiger partial charge in [0.05, 0.1) is 31.7 Å². The number of methoxy groups -OCH3 is 1. The first-order valence-electron chi connectivity index (χ1n) is 9.00. The van der Waals surface area contributed by atoms with E-state index >= 15 is 0 Å². The van der Waals surface area contributed by atoms with E-state index in [0.717, 1.165) is 55.6 Å². The molecular formula is C21H27N3O2. The SMILES string of the molecule is COc1ccc(/C(C)=N\Nc2ccc(C)cc2)cc1CN1CCOCC1. The van der Waals surface area contributed by atoms with Gasteiger partial charge in [0.15, 0.2) is 0 Å². The van der Waals surface area contributed by atoms with E-state index in [1.807, 2.05) is 25.1 Å². The molecule has 3 rings (SSSR count). The maximum atomic E-state index is 5.55. The van der Waals surface area contributed by atoms with E-state index in [4.69, 9.17) is 9.47 Å². The lowest BCUT2D eigenvalue weighted by Crippen LogP contribution is -2.35. The fourth-order valence-electron chi connectivity index (χ4n) is 2.97. The highest BCUT2D eigenvalue weighted by atomic mass is 16.5. The third-order valence-corrected chi connectivity index (χ3v) is 4.60. The third-order valence-electron chi connectivity index (χ3n) is 4.60. The van der Waals surface area contributed by atoms with Crippen LogP contribution in [0, 0.1) is 6.92 Å². The first-order valence-corrected chi connectivity index (χ1v) is 9.00. The van der Waals surface area contributed by atoms with Crippen molar-refractivity contribution in [3.05, 3.63) is 59.2 Å². The van der Waals surface area contributed by atoms with Gasteiger partial charge in [-0.15, -0.1) is 0 Å². The Morgan fingerprint density at radius 2 is 1.88 bits per heavy atom. The van der Waals surface area contributed by atoms with Crippen LogP contribution in [0.25, 0.3) is 0 Å². The zero-order chi connectivity index (χ0) is 18.4. The van der Waals surface area contributed by atoms with Gasteiger partial charge in [-0.1, -0.05) is 17.7 Å². The molecule has 0 aliphatic carbocycles. The molecule has 0 amide bonds. The second kappa shape index (κ2) is 8.83. The number of morpholine rings is 1. The molecule has 0 spiro atoms. The van der Waals surface area contributed by atoms with Crippen molar-refractivity contribution in [2.45, 2.75) is 20.4 Å². The average molecular weight is 353 g/mol. The van der Waals surface area contributed by atoms with Gasteiger partial charge in [0.1, 0.15) is 5.75 Å². The van der Waals surface area contributed by atoms with Gasteiger partial charge in [-0.3, -0.25) is 10.3 Å². The average Bonchev–Trinajstić information content (AvgIpc) is 2.68. The van der Waals surface area contributed by atoms with Crippen LogP contribution < -0.4 is 10.2 Å². The van der Waals surface area contributed by atoms with Crippen LogP contribution in [0.1, 0.15) is 23.6 Å². The zero-order valence-corrected chi connectivity index (χ0v) is 15.8. The summed E-state index contributed by atoms with van der Waals surface area (Å²) in [6.45, 7) is 8.45. The second-order valence-electron chi connectivity index (χ2n) is 6.59. The molecule has 1 aliphatic rings. The Labute approximate surface area is 155 Å². The lowest BCUT2D eigenvalue weighted by atomic mass is 10.1. The Morgan fingerprint density at radius 1 is 1.15 bits per heavy atom. The van der Waals surface area contributed by atoms with Crippen LogP contribution in [-0.2, 0) is 11.3 Å². The number of ether oxygens (including phenoxy) is 2. The van der Waals surface area contributed by atoms with Crippen molar-refractivity contribution < 1.29 is 9.47 Å². The molecule has 5 nitrogen and oxygen atoms in total. The van der Waals surface area contributed by atoms with Crippen molar-refractivity contribution in [3.8, 4) is 5.75 Å². The van der Waals surface area contributed by atoms with Gasteiger partial charge in [0, 0.05) is 25.2 Å². The Balaban J connectivity index is 1.74. The van der Waals surface area contributed by atoms with E-state index in [-0.39, 0.29) is 0 Å². The van der Waals surface area contributed by atoms with Crippen LogP contribution in [0.15, 0.2) is 47.6 Å². The fourth-order valence-corrected chi connectivity index (χ4v) is 2.97. The summed E-state index contributed by atoms with van der Waals surface area (Å²) in [5.41, 5.74) is 8.56. The van der Waals surface area contributed by atoms with E-state index in [2.05, 4.69) is 46.6 Å². The van der Waals surface area contributed by atoms with E-state index in [1.54, 1.807) is 7.11 Å². The molecule has 0 saturated carbocycles. The summed E-state index contributed by atoms with van der Waals surface area (Å²) in [6.07, 6.45) is 0. The van der Waals surface area contributed by atoms with E-state index < -0.39 is 0 Å². The molecule has 1 aliphatic heterocycles. The number of hydrogen-bond acceptors (Lipinski definition) is 5. The number of rotatable bonds is 6. The molecule has 1 N–H and O–H groups in total. The number of nitrogens with zero attached hydrogens (tertiary/aromatic N) is 2. The fraction of sp³-hybridized carbons (Fsp3) is 0.381. The Hall–Kier alpha value is -2.37. The number of nitrogens with one attached hydrogen (secondary N) is 1. The molecule has 0 radical (unpaired) electrons. The molecule has 26 heavy (non-hydrogen) atoms. The minimum absolute atomic E-state index is 0.795. The number of hydrogen-bond donors (Lipinski definition) is 1. The molecule has 1 fully saturated rings. The van der Waals surface area contributed by atoms with Crippen LogP contribution in [0.5, 0.6) is 5.75 Å². The predicted molar refractivity (Wildman–Crippen MR) is 106 cm³/mol. The smallest absolute Gasteiger partial charge is 0.123 e. The van der Waals surface area contributed by atoms with Crippen LogP contribution in [-0.4, -0.2) is 44.0 Å². The summed E-state index contributed by atoms with van der Waals surface area (Å²) in [4.78, 5) is 2.39. The lowest BCUT2D eigenvalue weighted by Gasteiger charge is -2.27. The van der Waals surface area contributed by atoms with Gasteiger partial charge in [-0.25, -0.2) is 0 Å². The highest BCUT2D eigenvalue weighted by Crippen LogP contribution is 2.23. The Morgan fingerprint density at radius 3 is 2.58 bits per heavy atom. The highest BCUT2D eigenvalue weighted by Gasteiger charge is 2.14. The monoisotopic (exact) mass is 353 g/mol. The van der Waals surface area contributed by atoms with Crippen LogP contribution >= 0.6 is 0 Å². The van der Waals surface area contributed by atoms with Gasteiger partial charge >= 0.3 is 0 Å². The van der Waals surface area contributed by atoms with E-state index in [1.165, 1.54) is 11.1 Å². The van der Waals surface area contributed by atoms with Crippen molar-refractivity contribution >= 4 is 11.4 Å². The molecule has 0 aromatic heterocycles. The summed E-state index contributed by atoms with van der Waals surface area (Å²) < 4.78 is 11.0. The van der Waals surface area contributed by atoms with Gasteiger partial charge in [0.25, 0.3) is 0 Å². The molecule has 2 aromatic carbocycles. The molecule has 138 valence electrons. The molecular weight excluding hydrogens is 326 g/mol. The quantitative estimate of drug-likeness (QED) is 0.636. The molecule has 0 atom stereocenters. The summed E-state index contributed by atoms with van der Waals surface area (Å²) in [7, 11) is 1.72. The third kappa shape index (κ3) is 4.84. The van der Waals surface area contributed by atoms with Gasteiger partial charge in [-0.2, -0.15) is 5.10 Å². The Bertz CT molecular complexity index is 750. The van der Waals surface area contributed by atoms with Crippen LogP contribution in [0.3, 0.4) is 0 Å². The second-order valence-corrected chi connectivity index (χ2v) is 6.59. The molecule has 0 unspecified atom stereocenters. The summed E-state index contributed by atoms with van der Waals surface area (Å²) in [5, 5.41) is 4.53. The van der Waals surface area contributed by atoms with Crippen molar-refractivity contribution in [2.24, 2.45) is 5.10 Å². The molecule has 1 saturated heterocycles. The minimum Gasteiger partial charge on any atom is -0.496 e. The van der Waals surface area contributed by atoms with Gasteiger partial charge in [0.2, 0.25) is 0 Å². The Kier molecular flexibility index (Phi) is 6.26. The topological polar surface area (TPSA) is 46.1 Å². The van der Waals surface area contributed by atoms with Crippen molar-refractivity contribution in [3.63, 3.8) is 0 Å². The molecule has 2 aromatic rings. The molecule has 5 heteroatoms. The lowest BCUT2D eigenvalue weighted by molar-refractivity contribution is 0.0339. The molecule has 1 heterocycles.